The highest BCUT2D eigenvalue weighted by Crippen LogP contribution is 2.37. The van der Waals surface area contributed by atoms with Crippen LogP contribution in [0.25, 0.3) is 0 Å². The first kappa shape index (κ1) is 27.8. The van der Waals surface area contributed by atoms with Gasteiger partial charge in [0.2, 0.25) is 0 Å². The van der Waals surface area contributed by atoms with Crippen LogP contribution in [0.3, 0.4) is 0 Å². The Morgan fingerprint density at radius 3 is 2.38 bits per heavy atom. The zero-order chi connectivity index (χ0) is 26.8. The monoisotopic (exact) mass is 512 g/mol. The molecule has 0 radical (unpaired) electrons. The lowest BCUT2D eigenvalue weighted by molar-refractivity contribution is -0.133. The summed E-state index contributed by atoms with van der Waals surface area (Å²) < 4.78 is 21.3. The molecule has 0 saturated carbocycles. The van der Waals surface area contributed by atoms with Crippen molar-refractivity contribution in [1.82, 2.24) is 15.2 Å². The highest BCUT2D eigenvalue weighted by atomic mass is 16.5. The van der Waals surface area contributed by atoms with Crippen molar-refractivity contribution in [3.8, 4) is 17.2 Å². The van der Waals surface area contributed by atoms with Crippen LogP contribution in [-0.2, 0) is 9.53 Å². The van der Waals surface area contributed by atoms with Gasteiger partial charge in [0.25, 0.3) is 5.91 Å². The molecule has 0 spiro atoms. The first-order valence-electron chi connectivity index (χ1n) is 12.2. The van der Waals surface area contributed by atoms with Crippen LogP contribution in [0, 0.1) is 0 Å². The maximum Gasteiger partial charge on any atom is 0.317 e. The van der Waals surface area contributed by atoms with Crippen molar-refractivity contribution >= 4 is 17.6 Å². The zero-order valence-corrected chi connectivity index (χ0v) is 22.2. The summed E-state index contributed by atoms with van der Waals surface area (Å²) in [5.74, 6) is 1.59. The summed E-state index contributed by atoms with van der Waals surface area (Å²) >= 11 is 0. The Morgan fingerprint density at radius 2 is 1.76 bits per heavy atom. The highest BCUT2D eigenvalue weighted by Gasteiger charge is 2.35. The van der Waals surface area contributed by atoms with Gasteiger partial charge < -0.3 is 29.2 Å². The van der Waals surface area contributed by atoms with E-state index in [2.05, 4.69) is 5.32 Å². The van der Waals surface area contributed by atoms with Gasteiger partial charge in [-0.25, -0.2) is 9.80 Å². The van der Waals surface area contributed by atoms with Crippen LogP contribution >= 0.6 is 0 Å². The van der Waals surface area contributed by atoms with Gasteiger partial charge in [-0.05, 0) is 53.9 Å². The number of carbonyl (C=O) groups is 2. The second-order valence-corrected chi connectivity index (χ2v) is 8.49. The van der Waals surface area contributed by atoms with Crippen molar-refractivity contribution in [2.45, 2.75) is 25.8 Å². The van der Waals surface area contributed by atoms with E-state index in [1.807, 2.05) is 49.4 Å². The fourth-order valence-electron chi connectivity index (χ4n) is 4.05. The van der Waals surface area contributed by atoms with Crippen LogP contribution in [0.15, 0.2) is 47.6 Å². The summed E-state index contributed by atoms with van der Waals surface area (Å²) in [6, 6.07) is 12.4. The molecule has 3 amide bonds. The Bertz CT molecular complexity index is 1090. The van der Waals surface area contributed by atoms with Gasteiger partial charge >= 0.3 is 6.03 Å². The van der Waals surface area contributed by atoms with Gasteiger partial charge in [-0.1, -0.05) is 13.0 Å². The van der Waals surface area contributed by atoms with Gasteiger partial charge in [0.05, 0.1) is 39.7 Å². The number of urea groups is 1. The molecule has 1 heterocycles. The molecule has 0 unspecified atom stereocenters. The van der Waals surface area contributed by atoms with Gasteiger partial charge in [-0.15, -0.1) is 0 Å². The fourth-order valence-corrected chi connectivity index (χ4v) is 4.05. The van der Waals surface area contributed by atoms with Crippen LogP contribution in [-0.4, -0.2) is 82.2 Å². The number of nitrogens with zero attached hydrogens (tertiary/aromatic N) is 3. The van der Waals surface area contributed by atoms with Crippen LogP contribution < -0.4 is 19.5 Å². The third-order valence-electron chi connectivity index (χ3n) is 6.09. The van der Waals surface area contributed by atoms with Gasteiger partial charge in [-0.2, -0.15) is 5.10 Å². The average molecular weight is 513 g/mol. The van der Waals surface area contributed by atoms with Gasteiger partial charge in [0.15, 0.2) is 11.5 Å². The first-order chi connectivity index (χ1) is 17.9. The van der Waals surface area contributed by atoms with Crippen LogP contribution in [0.2, 0.25) is 0 Å². The standard InChI is InChI=1S/C27H36N4O6/c1-6-13-28-27(33)30(14-15-34-2)18-26(32)31-23(20-9-12-24(36-4)25(16-20)37-5)17-22(29-31)19-7-10-21(35-3)11-8-19/h7-12,16,23H,6,13-15,17-18H2,1-5H3,(H,28,33)/t23-/m1/s1. The van der Waals surface area contributed by atoms with Crippen molar-refractivity contribution in [2.24, 2.45) is 5.10 Å². The molecule has 2 aromatic carbocycles. The molecule has 3 rings (SSSR count). The van der Waals surface area contributed by atoms with Crippen molar-refractivity contribution in [2.75, 3.05) is 54.7 Å². The molecule has 1 aliphatic rings. The molecular weight excluding hydrogens is 476 g/mol. The van der Waals surface area contributed by atoms with E-state index in [0.29, 0.717) is 31.1 Å². The van der Waals surface area contributed by atoms with Crippen LogP contribution in [0.1, 0.15) is 36.9 Å². The number of hydrogen-bond acceptors (Lipinski definition) is 7. The predicted molar refractivity (Wildman–Crippen MR) is 140 cm³/mol. The molecule has 2 aromatic rings. The normalized spacial score (nSPS) is 14.7. The van der Waals surface area contributed by atoms with Crippen LogP contribution in [0.4, 0.5) is 4.79 Å². The lowest BCUT2D eigenvalue weighted by atomic mass is 9.98. The molecule has 1 aliphatic heterocycles. The minimum atomic E-state index is -0.382. The third-order valence-corrected chi connectivity index (χ3v) is 6.09. The Morgan fingerprint density at radius 1 is 1.03 bits per heavy atom. The molecule has 0 aliphatic carbocycles. The topological polar surface area (TPSA) is 102 Å². The zero-order valence-electron chi connectivity index (χ0n) is 22.2. The van der Waals surface area contributed by atoms with Crippen molar-refractivity contribution < 1.29 is 28.5 Å². The molecule has 1 N–H and O–H groups in total. The second-order valence-electron chi connectivity index (χ2n) is 8.49. The number of ether oxygens (including phenoxy) is 4. The lowest BCUT2D eigenvalue weighted by Gasteiger charge is -2.27. The number of benzene rings is 2. The molecule has 0 bridgehead atoms. The number of hydrogen-bond donors (Lipinski definition) is 1. The van der Waals surface area contributed by atoms with Crippen molar-refractivity contribution in [1.29, 1.82) is 0 Å². The molecular formula is C27H36N4O6. The third kappa shape index (κ3) is 6.91. The number of amides is 3. The first-order valence-corrected chi connectivity index (χ1v) is 12.2. The molecule has 10 nitrogen and oxygen atoms in total. The highest BCUT2D eigenvalue weighted by molar-refractivity contribution is 6.03. The molecule has 37 heavy (non-hydrogen) atoms. The Hall–Kier alpha value is -3.79. The van der Waals surface area contributed by atoms with E-state index < -0.39 is 0 Å². The minimum absolute atomic E-state index is 0.137. The maximum atomic E-state index is 13.6. The summed E-state index contributed by atoms with van der Waals surface area (Å²) in [7, 11) is 6.32. The Kier molecular flexibility index (Phi) is 10.1. The quantitative estimate of drug-likeness (QED) is 0.467. The molecule has 10 heteroatoms. The number of rotatable bonds is 12. The Labute approximate surface area is 218 Å². The van der Waals surface area contributed by atoms with Crippen molar-refractivity contribution in [3.63, 3.8) is 0 Å². The van der Waals surface area contributed by atoms with E-state index in [9.17, 15) is 9.59 Å². The summed E-state index contributed by atoms with van der Waals surface area (Å²) in [5.41, 5.74) is 2.49. The summed E-state index contributed by atoms with van der Waals surface area (Å²) in [6.45, 7) is 2.95. The van der Waals surface area contributed by atoms with E-state index in [0.717, 1.165) is 29.0 Å². The second kappa shape index (κ2) is 13.5. The van der Waals surface area contributed by atoms with E-state index >= 15 is 0 Å². The van der Waals surface area contributed by atoms with Crippen molar-refractivity contribution in [3.05, 3.63) is 53.6 Å². The maximum absolute atomic E-state index is 13.6. The van der Waals surface area contributed by atoms with E-state index in [1.165, 1.54) is 9.91 Å². The molecule has 0 saturated heterocycles. The predicted octanol–water partition coefficient (Wildman–Crippen LogP) is 3.46. The van der Waals surface area contributed by atoms with Gasteiger partial charge in [0, 0.05) is 26.6 Å². The van der Waals surface area contributed by atoms with Crippen LogP contribution in [0.5, 0.6) is 17.2 Å². The Balaban J connectivity index is 1.93. The van der Waals surface area contributed by atoms with Gasteiger partial charge in [0.1, 0.15) is 12.3 Å². The largest absolute Gasteiger partial charge is 0.497 e. The number of hydrazone groups is 1. The number of methoxy groups -OCH3 is 4. The molecule has 200 valence electrons. The lowest BCUT2D eigenvalue weighted by Crippen LogP contribution is -2.47. The smallest absolute Gasteiger partial charge is 0.317 e. The average Bonchev–Trinajstić information content (AvgIpc) is 3.39. The molecule has 1 atom stereocenters. The molecule has 0 fully saturated rings. The van der Waals surface area contributed by atoms with E-state index in [1.54, 1.807) is 28.4 Å². The summed E-state index contributed by atoms with van der Waals surface area (Å²) in [5, 5.41) is 9.02. The van der Waals surface area contributed by atoms with Gasteiger partial charge in [-0.3, -0.25) is 4.79 Å². The number of carbonyl (C=O) groups excluding carboxylic acids is 2. The summed E-state index contributed by atoms with van der Waals surface area (Å²) in [6.07, 6.45) is 1.29. The van der Waals surface area contributed by atoms with E-state index in [4.69, 9.17) is 24.0 Å². The SMILES string of the molecule is CCCNC(=O)N(CCOC)CC(=O)N1N=C(c2ccc(OC)cc2)C[C@@H]1c1ccc(OC)c(OC)c1. The number of nitrogens with one attached hydrogen (secondary N) is 1. The summed E-state index contributed by atoms with van der Waals surface area (Å²) in [4.78, 5) is 27.8. The fraction of sp³-hybridized carbons (Fsp3) is 0.444. The molecule has 0 aromatic heterocycles. The minimum Gasteiger partial charge on any atom is -0.497 e. The van der Waals surface area contributed by atoms with E-state index in [-0.39, 0.29) is 31.1 Å².